The number of hydrogen-bond acceptors (Lipinski definition) is 6. The van der Waals surface area contributed by atoms with E-state index in [9.17, 15) is 14.9 Å². The van der Waals surface area contributed by atoms with Crippen molar-refractivity contribution in [3.05, 3.63) is 28.1 Å². The highest BCUT2D eigenvalue weighted by atomic mass is 16.6. The third kappa shape index (κ3) is 2.78. The fourth-order valence-corrected chi connectivity index (χ4v) is 2.04. The van der Waals surface area contributed by atoms with Crippen LogP contribution in [0.4, 0.5) is 5.95 Å². The second kappa shape index (κ2) is 5.17. The van der Waals surface area contributed by atoms with E-state index in [1.807, 2.05) is 0 Å². The number of amides is 1. The molecular weight excluding hydrogens is 250 g/mol. The summed E-state index contributed by atoms with van der Waals surface area (Å²) in [5.74, 6) is 0.336. The molecule has 8 nitrogen and oxygen atoms in total. The first-order chi connectivity index (χ1) is 8.99. The molecule has 0 unspecified atom stereocenters. The molecule has 19 heavy (non-hydrogen) atoms. The number of nitro groups is 1. The molecule has 0 aliphatic carbocycles. The van der Waals surface area contributed by atoms with Gasteiger partial charge in [0.15, 0.2) is 0 Å². The van der Waals surface area contributed by atoms with Crippen LogP contribution in [-0.4, -0.2) is 40.9 Å². The van der Waals surface area contributed by atoms with Crippen molar-refractivity contribution in [2.75, 3.05) is 19.0 Å². The van der Waals surface area contributed by atoms with E-state index >= 15 is 0 Å². The molecular formula is C11H15N5O3. The number of aromatic nitrogens is 2. The Morgan fingerprint density at radius 1 is 1.42 bits per heavy atom. The zero-order chi connectivity index (χ0) is 14.0. The van der Waals surface area contributed by atoms with Crippen LogP contribution >= 0.6 is 0 Å². The van der Waals surface area contributed by atoms with Gasteiger partial charge in [-0.1, -0.05) is 0 Å². The van der Waals surface area contributed by atoms with Crippen molar-refractivity contribution in [2.45, 2.75) is 24.9 Å². The maximum absolute atomic E-state index is 11.4. The number of nitrogens with one attached hydrogen (secondary N) is 1. The predicted octanol–water partition coefficient (Wildman–Crippen LogP) is 0.139. The molecule has 0 spiro atoms. The lowest BCUT2D eigenvalue weighted by atomic mass is 9.94. The normalized spacial score (nSPS) is 22.7. The predicted molar refractivity (Wildman–Crippen MR) is 67.3 cm³/mol. The Morgan fingerprint density at radius 3 is 2.58 bits per heavy atom. The molecule has 8 heteroatoms. The van der Waals surface area contributed by atoms with E-state index in [1.54, 1.807) is 19.0 Å². The van der Waals surface area contributed by atoms with Gasteiger partial charge < -0.3 is 10.2 Å². The Kier molecular flexibility index (Phi) is 3.59. The minimum absolute atomic E-state index is 0.179. The maximum Gasteiger partial charge on any atom is 0.237 e. The molecule has 1 amide bonds. The summed E-state index contributed by atoms with van der Waals surface area (Å²) >= 11 is 0. The van der Waals surface area contributed by atoms with Gasteiger partial charge in [0.05, 0.1) is 0 Å². The highest BCUT2D eigenvalue weighted by Crippen LogP contribution is 2.25. The minimum Gasteiger partial charge on any atom is -0.347 e. The number of nitrogens with zero attached hydrogens (tertiary/aromatic N) is 4. The molecule has 1 aromatic rings. The van der Waals surface area contributed by atoms with Crippen LogP contribution in [0.1, 0.15) is 24.4 Å². The van der Waals surface area contributed by atoms with Gasteiger partial charge in [0.2, 0.25) is 17.9 Å². The monoisotopic (exact) mass is 265 g/mol. The molecule has 1 aromatic heterocycles. The zero-order valence-corrected chi connectivity index (χ0v) is 10.7. The summed E-state index contributed by atoms with van der Waals surface area (Å²) in [5, 5.41) is 13.7. The highest BCUT2D eigenvalue weighted by Gasteiger charge is 2.38. The lowest BCUT2D eigenvalue weighted by Crippen LogP contribution is -2.45. The molecule has 2 heterocycles. The second-order valence-electron chi connectivity index (χ2n) is 4.65. The van der Waals surface area contributed by atoms with Crippen molar-refractivity contribution in [2.24, 2.45) is 0 Å². The van der Waals surface area contributed by atoms with Crippen molar-refractivity contribution < 1.29 is 9.72 Å². The molecule has 102 valence electrons. The molecule has 1 fully saturated rings. The molecule has 2 atom stereocenters. The van der Waals surface area contributed by atoms with E-state index < -0.39 is 12.1 Å². The van der Waals surface area contributed by atoms with Gasteiger partial charge in [-0.15, -0.1) is 0 Å². The first-order valence-electron chi connectivity index (χ1n) is 5.91. The van der Waals surface area contributed by atoms with Gasteiger partial charge in [0.25, 0.3) is 0 Å². The van der Waals surface area contributed by atoms with E-state index in [0.29, 0.717) is 11.5 Å². The summed E-state index contributed by atoms with van der Waals surface area (Å²) in [5.41, 5.74) is 0.556. The number of hydrogen-bond donors (Lipinski definition) is 1. The Balaban J connectivity index is 2.26. The molecule has 2 rings (SSSR count). The number of anilines is 1. The lowest BCUT2D eigenvalue weighted by molar-refractivity contribution is -0.529. The van der Waals surface area contributed by atoms with Gasteiger partial charge in [-0.3, -0.25) is 14.9 Å². The van der Waals surface area contributed by atoms with Crippen molar-refractivity contribution in [1.29, 1.82) is 0 Å². The Morgan fingerprint density at radius 2 is 2.05 bits per heavy atom. The van der Waals surface area contributed by atoms with Gasteiger partial charge in [0, 0.05) is 49.8 Å². The van der Waals surface area contributed by atoms with Crippen LogP contribution in [0.2, 0.25) is 0 Å². The van der Waals surface area contributed by atoms with Crippen molar-refractivity contribution >= 4 is 11.9 Å². The molecule has 0 saturated carbocycles. The fourth-order valence-electron chi connectivity index (χ4n) is 2.04. The Bertz CT molecular complexity index is 488. The van der Waals surface area contributed by atoms with Crippen LogP contribution in [0.15, 0.2) is 12.4 Å². The molecule has 0 radical (unpaired) electrons. The SMILES string of the molecule is CN(C)c1ncc([C@H]2NC(=O)CC[C@H]2[N+](=O)[O-])cn1. The van der Waals surface area contributed by atoms with Crippen molar-refractivity contribution in [1.82, 2.24) is 15.3 Å². The molecule has 1 N–H and O–H groups in total. The smallest absolute Gasteiger partial charge is 0.237 e. The second-order valence-corrected chi connectivity index (χ2v) is 4.65. The van der Waals surface area contributed by atoms with Crippen LogP contribution in [0, 0.1) is 10.1 Å². The van der Waals surface area contributed by atoms with E-state index in [1.165, 1.54) is 12.4 Å². The number of rotatable bonds is 3. The van der Waals surface area contributed by atoms with E-state index in [0.717, 1.165) is 0 Å². The van der Waals surface area contributed by atoms with Gasteiger partial charge >= 0.3 is 0 Å². The average Bonchev–Trinajstić information content (AvgIpc) is 2.38. The highest BCUT2D eigenvalue weighted by molar-refractivity contribution is 5.77. The molecule has 0 aromatic carbocycles. The molecule has 1 aliphatic rings. The van der Waals surface area contributed by atoms with Gasteiger partial charge in [0.1, 0.15) is 6.04 Å². The van der Waals surface area contributed by atoms with Crippen LogP contribution in [0.3, 0.4) is 0 Å². The number of carbonyl (C=O) groups is 1. The van der Waals surface area contributed by atoms with Crippen LogP contribution in [0.5, 0.6) is 0 Å². The average molecular weight is 265 g/mol. The van der Waals surface area contributed by atoms with Gasteiger partial charge in [-0.2, -0.15) is 0 Å². The Hall–Kier alpha value is -2.25. The minimum atomic E-state index is -0.827. The fraction of sp³-hybridized carbons (Fsp3) is 0.545. The van der Waals surface area contributed by atoms with E-state index in [2.05, 4.69) is 15.3 Å². The summed E-state index contributed by atoms with van der Waals surface area (Å²) in [4.78, 5) is 32.0. The third-order valence-electron chi connectivity index (χ3n) is 3.06. The Labute approximate surface area is 110 Å². The van der Waals surface area contributed by atoms with E-state index in [4.69, 9.17) is 0 Å². The van der Waals surface area contributed by atoms with Crippen LogP contribution in [-0.2, 0) is 4.79 Å². The topological polar surface area (TPSA) is 101 Å². The first kappa shape index (κ1) is 13.2. The van der Waals surface area contributed by atoms with Crippen molar-refractivity contribution in [3.63, 3.8) is 0 Å². The maximum atomic E-state index is 11.4. The quantitative estimate of drug-likeness (QED) is 0.616. The van der Waals surface area contributed by atoms with Crippen LogP contribution in [0.25, 0.3) is 0 Å². The van der Waals surface area contributed by atoms with Gasteiger partial charge in [-0.25, -0.2) is 9.97 Å². The summed E-state index contributed by atoms with van der Waals surface area (Å²) in [6.45, 7) is 0. The molecule has 1 aliphatic heterocycles. The van der Waals surface area contributed by atoms with E-state index in [-0.39, 0.29) is 23.7 Å². The van der Waals surface area contributed by atoms with Crippen LogP contribution < -0.4 is 10.2 Å². The summed E-state index contributed by atoms with van der Waals surface area (Å²) in [7, 11) is 3.61. The number of carbonyl (C=O) groups excluding carboxylic acids is 1. The summed E-state index contributed by atoms with van der Waals surface area (Å²) in [6.07, 6.45) is 3.46. The van der Waals surface area contributed by atoms with Crippen molar-refractivity contribution in [3.8, 4) is 0 Å². The number of piperidine rings is 1. The molecule has 0 bridgehead atoms. The first-order valence-corrected chi connectivity index (χ1v) is 5.91. The summed E-state index contributed by atoms with van der Waals surface area (Å²) < 4.78 is 0. The third-order valence-corrected chi connectivity index (χ3v) is 3.06. The van der Waals surface area contributed by atoms with Gasteiger partial charge in [-0.05, 0) is 0 Å². The largest absolute Gasteiger partial charge is 0.347 e. The molecule has 1 saturated heterocycles. The summed E-state index contributed by atoms with van der Waals surface area (Å²) in [6, 6.07) is -1.49. The standard InChI is InChI=1S/C11H15N5O3/c1-15(2)11-12-5-7(6-13-11)10-8(16(18)19)3-4-9(17)14-10/h5-6,8,10H,3-4H2,1-2H3,(H,14,17)/t8-,10-/m1/s1. The lowest BCUT2D eigenvalue weighted by Gasteiger charge is -2.26. The zero-order valence-electron chi connectivity index (χ0n) is 10.7.